The number of hydrogen-bond donors (Lipinski definition) is 2. The number of carbonyl (C=O) groups excluding carboxylic acids is 2. The third-order valence-electron chi connectivity index (χ3n) is 4.01. The highest BCUT2D eigenvalue weighted by atomic mass is 79.9. The number of primary amides is 1. The Hall–Kier alpha value is -2.66. The highest BCUT2D eigenvalue weighted by Gasteiger charge is 2.19. The van der Waals surface area contributed by atoms with Crippen LogP contribution in [0.2, 0.25) is 0 Å². The molecule has 0 fully saturated rings. The van der Waals surface area contributed by atoms with E-state index in [2.05, 4.69) is 21.2 Å². The van der Waals surface area contributed by atoms with Gasteiger partial charge < -0.3 is 11.1 Å². The molecule has 0 aliphatic rings. The van der Waals surface area contributed by atoms with Crippen LogP contribution in [0.25, 0.3) is 10.8 Å². The number of amides is 2. The molecule has 0 saturated carbocycles. The molecule has 4 nitrogen and oxygen atoms in total. The summed E-state index contributed by atoms with van der Waals surface area (Å²) in [6.45, 7) is 0. The van der Waals surface area contributed by atoms with E-state index in [-0.39, 0.29) is 5.91 Å². The molecule has 3 aromatic rings. The van der Waals surface area contributed by atoms with Crippen molar-refractivity contribution in [2.45, 2.75) is 12.5 Å². The van der Waals surface area contributed by atoms with Crippen LogP contribution < -0.4 is 11.1 Å². The van der Waals surface area contributed by atoms with Gasteiger partial charge in [-0.3, -0.25) is 9.59 Å². The second-order valence-electron chi connectivity index (χ2n) is 5.82. The van der Waals surface area contributed by atoms with E-state index in [0.717, 1.165) is 20.8 Å². The molecule has 0 aliphatic carbocycles. The topological polar surface area (TPSA) is 72.2 Å². The van der Waals surface area contributed by atoms with Gasteiger partial charge in [0.25, 0.3) is 5.91 Å². The van der Waals surface area contributed by atoms with Crippen LogP contribution in [-0.4, -0.2) is 17.9 Å². The molecule has 1 atom stereocenters. The Morgan fingerprint density at radius 1 is 0.960 bits per heavy atom. The summed E-state index contributed by atoms with van der Waals surface area (Å²) in [4.78, 5) is 24.3. The molecule has 3 N–H and O–H groups in total. The molecule has 0 saturated heterocycles. The van der Waals surface area contributed by atoms with Crippen LogP contribution in [0.15, 0.2) is 71.2 Å². The first kappa shape index (κ1) is 17.2. The quantitative estimate of drug-likeness (QED) is 0.693. The minimum absolute atomic E-state index is 0.313. The molecule has 0 radical (unpaired) electrons. The second kappa shape index (κ2) is 7.49. The molecular weight excluding hydrogens is 380 g/mol. The van der Waals surface area contributed by atoms with Gasteiger partial charge in [0.2, 0.25) is 5.91 Å². The number of nitrogens with one attached hydrogen (secondary N) is 1. The molecule has 0 spiro atoms. The third kappa shape index (κ3) is 4.25. The van der Waals surface area contributed by atoms with Crippen molar-refractivity contribution in [3.8, 4) is 0 Å². The van der Waals surface area contributed by atoms with E-state index in [0.29, 0.717) is 12.0 Å². The first-order valence-electron chi connectivity index (χ1n) is 7.86. The summed E-state index contributed by atoms with van der Waals surface area (Å²) in [5.41, 5.74) is 6.89. The molecular formula is C20H17BrN2O2. The highest BCUT2D eigenvalue weighted by Crippen LogP contribution is 2.16. The zero-order valence-electron chi connectivity index (χ0n) is 13.4. The number of benzene rings is 3. The molecule has 0 aromatic heterocycles. The van der Waals surface area contributed by atoms with Gasteiger partial charge in [-0.2, -0.15) is 0 Å². The molecule has 0 bridgehead atoms. The number of nitrogens with two attached hydrogens (primary N) is 1. The van der Waals surface area contributed by atoms with Crippen molar-refractivity contribution in [1.82, 2.24) is 5.32 Å². The lowest BCUT2D eigenvalue weighted by Crippen LogP contribution is -2.45. The highest BCUT2D eigenvalue weighted by molar-refractivity contribution is 9.10. The number of halogens is 1. The first-order valence-corrected chi connectivity index (χ1v) is 8.65. The SMILES string of the molecule is NC(=O)[C@@H](Cc1ccc(Br)cc1)NC(=O)c1ccc2ccccc2c1. The zero-order valence-corrected chi connectivity index (χ0v) is 15.0. The fourth-order valence-electron chi connectivity index (χ4n) is 2.65. The van der Waals surface area contributed by atoms with Crippen molar-refractivity contribution < 1.29 is 9.59 Å². The van der Waals surface area contributed by atoms with Gasteiger partial charge in [0, 0.05) is 16.5 Å². The fourth-order valence-corrected chi connectivity index (χ4v) is 2.92. The lowest BCUT2D eigenvalue weighted by molar-refractivity contribution is -0.119. The van der Waals surface area contributed by atoms with Gasteiger partial charge in [0.05, 0.1) is 0 Å². The van der Waals surface area contributed by atoms with Gasteiger partial charge in [0.1, 0.15) is 6.04 Å². The van der Waals surface area contributed by atoms with Gasteiger partial charge in [-0.05, 0) is 40.6 Å². The lowest BCUT2D eigenvalue weighted by atomic mass is 10.0. The predicted octanol–water partition coefficient (Wildman–Crippen LogP) is 3.43. The second-order valence-corrected chi connectivity index (χ2v) is 6.74. The van der Waals surface area contributed by atoms with Gasteiger partial charge >= 0.3 is 0 Å². The number of fused-ring (bicyclic) bond motifs is 1. The molecule has 2 amide bonds. The Morgan fingerprint density at radius 3 is 2.32 bits per heavy atom. The molecule has 0 heterocycles. The lowest BCUT2D eigenvalue weighted by Gasteiger charge is -2.16. The maximum Gasteiger partial charge on any atom is 0.251 e. The maximum absolute atomic E-state index is 12.5. The van der Waals surface area contributed by atoms with Crippen LogP contribution >= 0.6 is 15.9 Å². The van der Waals surface area contributed by atoms with Crippen molar-refractivity contribution in [3.63, 3.8) is 0 Å². The van der Waals surface area contributed by atoms with E-state index in [9.17, 15) is 9.59 Å². The van der Waals surface area contributed by atoms with Crippen molar-refractivity contribution in [1.29, 1.82) is 0 Å². The third-order valence-corrected chi connectivity index (χ3v) is 4.54. The van der Waals surface area contributed by atoms with Crippen LogP contribution in [0.3, 0.4) is 0 Å². The summed E-state index contributed by atoms with van der Waals surface area (Å²) in [7, 11) is 0. The van der Waals surface area contributed by atoms with Crippen LogP contribution in [-0.2, 0) is 11.2 Å². The standard InChI is InChI=1S/C20H17BrN2O2/c21-17-9-5-13(6-10-17)11-18(19(22)24)23-20(25)16-8-7-14-3-1-2-4-15(14)12-16/h1-10,12,18H,11H2,(H2,22,24)(H,23,25)/t18-/m1/s1. The summed E-state index contributed by atoms with van der Waals surface area (Å²) >= 11 is 3.37. The Bertz CT molecular complexity index is 922. The van der Waals surface area contributed by atoms with Crippen molar-refractivity contribution in [2.24, 2.45) is 5.73 Å². The first-order chi connectivity index (χ1) is 12.0. The van der Waals surface area contributed by atoms with E-state index in [1.165, 1.54) is 0 Å². The van der Waals surface area contributed by atoms with E-state index < -0.39 is 11.9 Å². The average Bonchev–Trinajstić information content (AvgIpc) is 2.62. The van der Waals surface area contributed by atoms with Crippen molar-refractivity contribution in [3.05, 3.63) is 82.3 Å². The Labute approximate surface area is 154 Å². The molecule has 0 aliphatic heterocycles. The largest absolute Gasteiger partial charge is 0.368 e. The number of hydrogen-bond acceptors (Lipinski definition) is 2. The normalized spacial score (nSPS) is 11.9. The molecule has 5 heteroatoms. The Morgan fingerprint density at radius 2 is 1.64 bits per heavy atom. The van der Waals surface area contributed by atoms with Crippen LogP contribution in [0, 0.1) is 0 Å². The average molecular weight is 397 g/mol. The fraction of sp³-hybridized carbons (Fsp3) is 0.100. The minimum Gasteiger partial charge on any atom is -0.368 e. The van der Waals surface area contributed by atoms with Crippen LogP contribution in [0.4, 0.5) is 0 Å². The van der Waals surface area contributed by atoms with E-state index in [1.54, 1.807) is 6.07 Å². The minimum atomic E-state index is -0.764. The Balaban J connectivity index is 1.77. The van der Waals surface area contributed by atoms with E-state index >= 15 is 0 Å². The van der Waals surface area contributed by atoms with Crippen LogP contribution in [0.5, 0.6) is 0 Å². The summed E-state index contributed by atoms with van der Waals surface area (Å²) in [5.74, 6) is -0.872. The predicted molar refractivity (Wildman–Crippen MR) is 102 cm³/mol. The van der Waals surface area contributed by atoms with Gasteiger partial charge in [-0.25, -0.2) is 0 Å². The van der Waals surface area contributed by atoms with Gasteiger partial charge in [0.15, 0.2) is 0 Å². The number of carbonyl (C=O) groups is 2. The van der Waals surface area contributed by atoms with Crippen molar-refractivity contribution in [2.75, 3.05) is 0 Å². The molecule has 0 unspecified atom stereocenters. The summed E-state index contributed by atoms with van der Waals surface area (Å²) in [6, 6.07) is 20.0. The summed E-state index contributed by atoms with van der Waals surface area (Å²) < 4.78 is 0.951. The molecule has 3 rings (SSSR count). The summed E-state index contributed by atoms with van der Waals surface area (Å²) in [6.07, 6.45) is 0.349. The zero-order chi connectivity index (χ0) is 17.8. The molecule has 25 heavy (non-hydrogen) atoms. The van der Waals surface area contributed by atoms with Crippen LogP contribution in [0.1, 0.15) is 15.9 Å². The molecule has 3 aromatic carbocycles. The maximum atomic E-state index is 12.5. The van der Waals surface area contributed by atoms with E-state index in [1.807, 2.05) is 60.7 Å². The van der Waals surface area contributed by atoms with E-state index in [4.69, 9.17) is 5.73 Å². The Kier molecular flexibility index (Phi) is 5.14. The summed E-state index contributed by atoms with van der Waals surface area (Å²) in [5, 5.41) is 4.76. The smallest absolute Gasteiger partial charge is 0.251 e. The van der Waals surface area contributed by atoms with Gasteiger partial charge in [-0.1, -0.05) is 58.4 Å². The van der Waals surface area contributed by atoms with Crippen molar-refractivity contribution >= 4 is 38.5 Å². The monoisotopic (exact) mass is 396 g/mol. The van der Waals surface area contributed by atoms with Gasteiger partial charge in [-0.15, -0.1) is 0 Å². The number of rotatable bonds is 5. The molecule has 126 valence electrons.